The Morgan fingerprint density at radius 1 is 1.48 bits per heavy atom. The Kier molecular flexibility index (Phi) is 4.30. The lowest BCUT2D eigenvalue weighted by atomic mass is 10.1. The predicted octanol–water partition coefficient (Wildman–Crippen LogP) is -2.87. The van der Waals surface area contributed by atoms with Gasteiger partial charge in [0.25, 0.3) is 15.7 Å². The highest BCUT2D eigenvalue weighted by atomic mass is 32.2. The number of aromatic amines is 1. The number of nitrogens with zero attached hydrogens (tertiary/aromatic N) is 1. The highest BCUT2D eigenvalue weighted by Crippen LogP contribution is 2.30. The summed E-state index contributed by atoms with van der Waals surface area (Å²) < 4.78 is 33.1. The largest absolute Gasteiger partial charge is 0.394 e. The molecule has 21 heavy (non-hydrogen) atoms. The van der Waals surface area contributed by atoms with Gasteiger partial charge in [0.05, 0.1) is 12.9 Å². The number of hydrogen-bond donors (Lipinski definition) is 3. The van der Waals surface area contributed by atoms with E-state index in [0.717, 1.165) is 23.1 Å². The van der Waals surface area contributed by atoms with E-state index in [9.17, 15) is 28.2 Å². The highest BCUT2D eigenvalue weighted by molar-refractivity contribution is 7.86. The number of hydrogen-bond acceptors (Lipinski definition) is 8. The van der Waals surface area contributed by atoms with Gasteiger partial charge in [0.1, 0.15) is 18.3 Å². The molecule has 0 spiro atoms. The van der Waals surface area contributed by atoms with Gasteiger partial charge in [-0.3, -0.25) is 18.5 Å². The van der Waals surface area contributed by atoms with E-state index in [1.54, 1.807) is 0 Å². The van der Waals surface area contributed by atoms with Crippen LogP contribution in [0.1, 0.15) is 6.23 Å². The number of aliphatic hydroxyl groups is 2. The van der Waals surface area contributed by atoms with Crippen LogP contribution in [-0.4, -0.2) is 59.4 Å². The Hall–Kier alpha value is -1.53. The number of aromatic nitrogens is 2. The predicted molar refractivity (Wildman–Crippen MR) is 68.0 cm³/mol. The monoisotopic (exact) mass is 322 g/mol. The van der Waals surface area contributed by atoms with Gasteiger partial charge >= 0.3 is 5.69 Å². The van der Waals surface area contributed by atoms with Crippen molar-refractivity contribution in [2.45, 2.75) is 24.5 Å². The average molecular weight is 322 g/mol. The lowest BCUT2D eigenvalue weighted by Gasteiger charge is -2.18. The Bertz CT molecular complexity index is 723. The zero-order chi connectivity index (χ0) is 15.8. The molecule has 1 fully saturated rings. The van der Waals surface area contributed by atoms with Crippen LogP contribution in [0.4, 0.5) is 0 Å². The molecule has 1 aliphatic rings. The lowest BCUT2D eigenvalue weighted by Crippen LogP contribution is -2.39. The molecular formula is C10H14N2O8S. The van der Waals surface area contributed by atoms with E-state index in [0.29, 0.717) is 0 Å². The van der Waals surface area contributed by atoms with E-state index in [1.807, 2.05) is 4.98 Å². The zero-order valence-corrected chi connectivity index (χ0v) is 11.7. The smallest absolute Gasteiger partial charge is 0.330 e. The second kappa shape index (κ2) is 5.69. The van der Waals surface area contributed by atoms with Gasteiger partial charge in [-0.15, -0.1) is 0 Å². The van der Waals surface area contributed by atoms with E-state index >= 15 is 0 Å². The minimum atomic E-state index is -3.90. The van der Waals surface area contributed by atoms with Crippen molar-refractivity contribution in [3.05, 3.63) is 33.1 Å². The van der Waals surface area contributed by atoms with Gasteiger partial charge in [-0.2, -0.15) is 8.42 Å². The third-order valence-electron chi connectivity index (χ3n) is 2.90. The second-order valence-electron chi connectivity index (χ2n) is 4.52. The molecule has 0 aromatic carbocycles. The maximum absolute atomic E-state index is 11.7. The number of nitrogens with one attached hydrogen (secondary N) is 1. The van der Waals surface area contributed by atoms with Crippen LogP contribution in [0.5, 0.6) is 0 Å². The van der Waals surface area contributed by atoms with Gasteiger partial charge in [0, 0.05) is 12.3 Å². The number of aliphatic hydroxyl groups excluding tert-OH is 2. The summed E-state index contributed by atoms with van der Waals surface area (Å²) in [6, 6.07) is 1.04. The fraction of sp³-hybridized carbons (Fsp3) is 0.600. The summed E-state index contributed by atoms with van der Waals surface area (Å²) in [4.78, 5) is 24.6. The zero-order valence-electron chi connectivity index (χ0n) is 10.9. The molecule has 0 aliphatic carbocycles. The third kappa shape index (κ3) is 3.39. The summed E-state index contributed by atoms with van der Waals surface area (Å²) in [7, 11) is -3.90. The van der Waals surface area contributed by atoms with Gasteiger partial charge in [-0.25, -0.2) is 4.79 Å². The van der Waals surface area contributed by atoms with Crippen molar-refractivity contribution in [2.24, 2.45) is 0 Å². The molecule has 0 amide bonds. The molecule has 2 heterocycles. The van der Waals surface area contributed by atoms with Crippen LogP contribution in [0.3, 0.4) is 0 Å². The number of ether oxygens (including phenoxy) is 1. The maximum Gasteiger partial charge on any atom is 0.330 e. The number of rotatable bonds is 4. The standard InChI is InChI=1S/C10H14N2O8S/c1-21(17,18)20-8-5(4-13)19-9(7(8)15)12-3-2-6(14)11-10(12)16/h2-3,5,7-9,13,15H,4H2,1H3,(H,11,14,16)/t5-,7?,8+,9-/m1/s1. The fourth-order valence-corrected chi connectivity index (χ4v) is 2.69. The van der Waals surface area contributed by atoms with E-state index in [-0.39, 0.29) is 0 Å². The summed E-state index contributed by atoms with van der Waals surface area (Å²) in [6.45, 7) is -0.619. The normalized spacial score (nSPS) is 29.7. The van der Waals surface area contributed by atoms with E-state index in [1.165, 1.54) is 0 Å². The van der Waals surface area contributed by atoms with E-state index in [4.69, 9.17) is 4.74 Å². The minimum absolute atomic E-state index is 0.619. The molecule has 1 aromatic heterocycles. The van der Waals surface area contributed by atoms with Gasteiger partial charge in [0.15, 0.2) is 6.23 Å². The summed E-state index contributed by atoms with van der Waals surface area (Å²) in [5, 5.41) is 19.3. The first-order valence-corrected chi connectivity index (χ1v) is 7.68. The van der Waals surface area contributed by atoms with Crippen LogP contribution in [0.15, 0.2) is 21.9 Å². The van der Waals surface area contributed by atoms with Crippen molar-refractivity contribution < 1.29 is 27.6 Å². The Balaban J connectivity index is 2.35. The molecule has 4 atom stereocenters. The Labute approximate surface area is 118 Å². The van der Waals surface area contributed by atoms with Crippen molar-refractivity contribution in [3.8, 4) is 0 Å². The molecule has 0 bridgehead atoms. The van der Waals surface area contributed by atoms with Crippen LogP contribution in [0.25, 0.3) is 0 Å². The van der Waals surface area contributed by atoms with E-state index in [2.05, 4.69) is 4.18 Å². The van der Waals surface area contributed by atoms with Crippen molar-refractivity contribution in [2.75, 3.05) is 12.9 Å². The minimum Gasteiger partial charge on any atom is -0.394 e. The molecule has 10 nitrogen and oxygen atoms in total. The van der Waals surface area contributed by atoms with Crippen LogP contribution in [-0.2, 0) is 19.0 Å². The molecule has 1 unspecified atom stereocenters. The van der Waals surface area contributed by atoms with E-state index < -0.39 is 52.5 Å². The first-order valence-electron chi connectivity index (χ1n) is 5.87. The van der Waals surface area contributed by atoms with Crippen molar-refractivity contribution in [3.63, 3.8) is 0 Å². The average Bonchev–Trinajstić information content (AvgIpc) is 2.65. The molecule has 2 rings (SSSR count). The summed E-state index contributed by atoms with van der Waals surface area (Å²) in [5.74, 6) is 0. The maximum atomic E-state index is 11.7. The van der Waals surface area contributed by atoms with Crippen molar-refractivity contribution in [1.29, 1.82) is 0 Å². The summed E-state index contributed by atoms with van der Waals surface area (Å²) in [5.41, 5.74) is -1.48. The first-order chi connectivity index (χ1) is 9.73. The van der Waals surface area contributed by atoms with Crippen molar-refractivity contribution >= 4 is 10.1 Å². The summed E-state index contributed by atoms with van der Waals surface area (Å²) >= 11 is 0. The van der Waals surface area contributed by atoms with Gasteiger partial charge in [-0.05, 0) is 0 Å². The molecule has 0 radical (unpaired) electrons. The third-order valence-corrected chi connectivity index (χ3v) is 3.47. The lowest BCUT2D eigenvalue weighted by molar-refractivity contribution is -0.0543. The molecule has 1 saturated heterocycles. The SMILES string of the molecule is CS(=O)(=O)O[C@@H]1C(O)[C@H](n2ccc(=O)[nH]c2=O)O[C@@H]1CO. The Morgan fingerprint density at radius 3 is 2.67 bits per heavy atom. The van der Waals surface area contributed by atoms with Crippen LogP contribution >= 0.6 is 0 Å². The highest BCUT2D eigenvalue weighted by Gasteiger charge is 2.47. The Morgan fingerprint density at radius 2 is 2.14 bits per heavy atom. The molecule has 1 aliphatic heterocycles. The van der Waals surface area contributed by atoms with Crippen LogP contribution in [0.2, 0.25) is 0 Å². The molecule has 0 saturated carbocycles. The molecule has 3 N–H and O–H groups in total. The van der Waals surface area contributed by atoms with Gasteiger partial charge in [0.2, 0.25) is 0 Å². The quantitative estimate of drug-likeness (QED) is 0.501. The second-order valence-corrected chi connectivity index (χ2v) is 6.12. The van der Waals surface area contributed by atoms with Gasteiger partial charge < -0.3 is 14.9 Å². The first kappa shape index (κ1) is 15.9. The molecule has 11 heteroatoms. The summed E-state index contributed by atoms with van der Waals surface area (Å²) in [6.07, 6.45) is -3.45. The molecular weight excluding hydrogens is 308 g/mol. The topological polar surface area (TPSA) is 148 Å². The molecule has 118 valence electrons. The fourth-order valence-electron chi connectivity index (χ4n) is 2.04. The number of H-pyrrole nitrogens is 1. The molecule has 1 aromatic rings. The van der Waals surface area contributed by atoms with Crippen molar-refractivity contribution in [1.82, 2.24) is 9.55 Å². The van der Waals surface area contributed by atoms with Gasteiger partial charge in [-0.1, -0.05) is 0 Å². The van der Waals surface area contributed by atoms with Crippen LogP contribution < -0.4 is 11.2 Å². The van der Waals surface area contributed by atoms with Crippen LogP contribution in [0, 0.1) is 0 Å².